The summed E-state index contributed by atoms with van der Waals surface area (Å²) in [4.78, 5) is 34.6. The van der Waals surface area contributed by atoms with Crippen molar-refractivity contribution in [3.8, 4) is 0 Å². The second kappa shape index (κ2) is 5.68. The number of fused-ring (bicyclic) bond motifs is 1. The van der Waals surface area contributed by atoms with Gasteiger partial charge in [0.05, 0.1) is 5.56 Å². The van der Waals surface area contributed by atoms with E-state index in [-0.39, 0.29) is 29.3 Å². The lowest BCUT2D eigenvalue weighted by atomic mass is 9.75. The first-order valence-electron chi connectivity index (χ1n) is 7.18. The van der Waals surface area contributed by atoms with Crippen LogP contribution in [-0.2, 0) is 9.59 Å². The molecule has 0 bridgehead atoms. The Bertz CT molecular complexity index is 810. The number of aromatic carboxylic acids is 1. The van der Waals surface area contributed by atoms with Crippen LogP contribution in [0.2, 0.25) is 0 Å². The van der Waals surface area contributed by atoms with Crippen molar-refractivity contribution in [2.45, 2.75) is 12.8 Å². The van der Waals surface area contributed by atoms with Gasteiger partial charge in [-0.2, -0.15) is 0 Å². The van der Waals surface area contributed by atoms with Crippen LogP contribution in [0.3, 0.4) is 0 Å². The van der Waals surface area contributed by atoms with E-state index in [9.17, 15) is 24.6 Å². The first-order valence-corrected chi connectivity index (χ1v) is 7.18. The lowest BCUT2D eigenvalue weighted by molar-refractivity contribution is -0.132. The molecule has 0 aliphatic heterocycles. The van der Waals surface area contributed by atoms with Crippen LogP contribution in [-0.4, -0.2) is 27.9 Å². The molecule has 0 saturated carbocycles. The number of carboxylic acids is 2. The van der Waals surface area contributed by atoms with Crippen LogP contribution in [0.4, 0.5) is 0 Å². The first kappa shape index (κ1) is 15.0. The number of carboxylic acid groups (broad SMARTS) is 2. The fourth-order valence-corrected chi connectivity index (χ4v) is 3.07. The molecule has 0 aromatic heterocycles. The second-order valence-corrected chi connectivity index (χ2v) is 5.58. The van der Waals surface area contributed by atoms with Gasteiger partial charge in [-0.05, 0) is 41.3 Å². The van der Waals surface area contributed by atoms with E-state index in [2.05, 4.69) is 0 Å². The molecule has 1 unspecified atom stereocenters. The van der Waals surface area contributed by atoms with Gasteiger partial charge in [-0.3, -0.25) is 4.79 Å². The van der Waals surface area contributed by atoms with Gasteiger partial charge in [0, 0.05) is 17.9 Å². The Labute approximate surface area is 132 Å². The fourth-order valence-electron chi connectivity index (χ4n) is 3.07. The van der Waals surface area contributed by atoms with Crippen molar-refractivity contribution in [1.29, 1.82) is 0 Å². The van der Waals surface area contributed by atoms with Crippen LogP contribution in [0.5, 0.6) is 0 Å². The highest BCUT2D eigenvalue weighted by atomic mass is 16.4. The Balaban J connectivity index is 2.24. The predicted molar refractivity (Wildman–Crippen MR) is 82.9 cm³/mol. The molecule has 0 radical (unpaired) electrons. The van der Waals surface area contributed by atoms with E-state index in [1.165, 1.54) is 18.2 Å². The summed E-state index contributed by atoms with van der Waals surface area (Å²) in [6, 6.07) is 6.44. The summed E-state index contributed by atoms with van der Waals surface area (Å²) in [6.07, 6.45) is 5.18. The van der Waals surface area contributed by atoms with Crippen molar-refractivity contribution in [3.05, 3.63) is 64.8 Å². The SMILES string of the molecule is O=C1C=CC2CC(C(=O)O)=CC(c3ccccc3C(=O)O)=C2C1. The lowest BCUT2D eigenvalue weighted by Crippen LogP contribution is -2.20. The van der Waals surface area contributed by atoms with Gasteiger partial charge in [-0.1, -0.05) is 24.3 Å². The van der Waals surface area contributed by atoms with E-state index in [1.807, 2.05) is 0 Å². The molecule has 1 atom stereocenters. The van der Waals surface area contributed by atoms with Crippen molar-refractivity contribution in [2.24, 2.45) is 5.92 Å². The minimum atomic E-state index is -1.08. The van der Waals surface area contributed by atoms with Crippen LogP contribution in [0.1, 0.15) is 28.8 Å². The number of benzene rings is 1. The summed E-state index contributed by atoms with van der Waals surface area (Å²) in [5.41, 5.74) is 2.08. The van der Waals surface area contributed by atoms with Gasteiger partial charge in [0.25, 0.3) is 0 Å². The molecule has 0 heterocycles. The third-order valence-corrected chi connectivity index (χ3v) is 4.15. The number of hydrogen-bond acceptors (Lipinski definition) is 3. The molecule has 23 heavy (non-hydrogen) atoms. The molecular weight excluding hydrogens is 296 g/mol. The normalized spacial score (nSPS) is 20.1. The molecule has 5 nitrogen and oxygen atoms in total. The Morgan fingerprint density at radius 2 is 1.83 bits per heavy atom. The van der Waals surface area contributed by atoms with Gasteiger partial charge < -0.3 is 10.2 Å². The molecule has 0 amide bonds. The number of rotatable bonds is 3. The number of carbonyl (C=O) groups excluding carboxylic acids is 1. The van der Waals surface area contributed by atoms with E-state index >= 15 is 0 Å². The Morgan fingerprint density at radius 1 is 1.09 bits per heavy atom. The summed E-state index contributed by atoms with van der Waals surface area (Å²) in [7, 11) is 0. The molecule has 0 saturated heterocycles. The molecule has 0 spiro atoms. The van der Waals surface area contributed by atoms with Gasteiger partial charge >= 0.3 is 11.9 Å². The maximum Gasteiger partial charge on any atom is 0.336 e. The number of ketones is 1. The fraction of sp³-hybridized carbons (Fsp3) is 0.167. The van der Waals surface area contributed by atoms with Gasteiger partial charge in [0.15, 0.2) is 5.78 Å². The van der Waals surface area contributed by atoms with Gasteiger partial charge in [0.2, 0.25) is 0 Å². The maximum atomic E-state index is 11.8. The smallest absolute Gasteiger partial charge is 0.336 e. The number of aliphatic carboxylic acids is 1. The minimum absolute atomic E-state index is 0.0614. The Morgan fingerprint density at radius 3 is 2.52 bits per heavy atom. The molecule has 116 valence electrons. The van der Waals surface area contributed by atoms with Crippen molar-refractivity contribution >= 4 is 23.3 Å². The largest absolute Gasteiger partial charge is 0.478 e. The summed E-state index contributed by atoms with van der Waals surface area (Å²) < 4.78 is 0. The summed E-state index contributed by atoms with van der Waals surface area (Å²) in [5.74, 6) is -2.35. The number of carbonyl (C=O) groups is 3. The zero-order chi connectivity index (χ0) is 16.6. The maximum absolute atomic E-state index is 11.8. The summed E-state index contributed by atoms with van der Waals surface area (Å²) in [5, 5.41) is 18.7. The van der Waals surface area contributed by atoms with Crippen molar-refractivity contribution in [2.75, 3.05) is 0 Å². The Kier molecular flexibility index (Phi) is 3.70. The average molecular weight is 310 g/mol. The molecule has 2 N–H and O–H groups in total. The van der Waals surface area contributed by atoms with Crippen LogP contribution in [0.15, 0.2) is 53.6 Å². The predicted octanol–water partition coefficient (Wildman–Crippen LogP) is 2.70. The number of hydrogen-bond donors (Lipinski definition) is 2. The zero-order valence-electron chi connectivity index (χ0n) is 12.2. The van der Waals surface area contributed by atoms with Crippen LogP contribution < -0.4 is 0 Å². The summed E-state index contributed by atoms with van der Waals surface area (Å²) in [6.45, 7) is 0. The third kappa shape index (κ3) is 2.73. The highest BCUT2D eigenvalue weighted by Crippen LogP contribution is 2.40. The average Bonchev–Trinajstić information content (AvgIpc) is 2.53. The minimum Gasteiger partial charge on any atom is -0.478 e. The van der Waals surface area contributed by atoms with Crippen molar-refractivity contribution in [3.63, 3.8) is 0 Å². The molecule has 1 aromatic rings. The molecule has 0 fully saturated rings. The standard InChI is InChI=1S/C18H14O5/c19-12-6-5-10-7-11(17(20)21)8-16(15(10)9-12)13-3-1-2-4-14(13)18(22)23/h1-6,8,10H,7,9H2,(H,20,21)(H,22,23). The molecular formula is C18H14O5. The van der Waals surface area contributed by atoms with Gasteiger partial charge in [-0.25, -0.2) is 9.59 Å². The van der Waals surface area contributed by atoms with Crippen molar-refractivity contribution in [1.82, 2.24) is 0 Å². The lowest BCUT2D eigenvalue weighted by Gasteiger charge is -2.28. The monoisotopic (exact) mass is 310 g/mol. The molecule has 5 heteroatoms. The highest BCUT2D eigenvalue weighted by Gasteiger charge is 2.30. The zero-order valence-corrected chi connectivity index (χ0v) is 12.2. The van der Waals surface area contributed by atoms with Crippen LogP contribution in [0, 0.1) is 5.92 Å². The first-order chi connectivity index (χ1) is 11.0. The van der Waals surface area contributed by atoms with E-state index in [4.69, 9.17) is 0 Å². The molecule has 2 aliphatic carbocycles. The van der Waals surface area contributed by atoms with E-state index < -0.39 is 11.9 Å². The summed E-state index contributed by atoms with van der Waals surface area (Å²) >= 11 is 0. The van der Waals surface area contributed by atoms with Crippen LogP contribution in [0.25, 0.3) is 5.57 Å². The van der Waals surface area contributed by atoms with E-state index in [0.29, 0.717) is 17.6 Å². The molecule has 1 aromatic carbocycles. The van der Waals surface area contributed by atoms with Crippen molar-refractivity contribution < 1.29 is 24.6 Å². The third-order valence-electron chi connectivity index (χ3n) is 4.15. The van der Waals surface area contributed by atoms with Gasteiger partial charge in [-0.15, -0.1) is 0 Å². The Hall–Kier alpha value is -2.95. The molecule has 2 aliphatic rings. The quantitative estimate of drug-likeness (QED) is 0.895. The molecule has 3 rings (SSSR count). The second-order valence-electron chi connectivity index (χ2n) is 5.58. The van der Waals surface area contributed by atoms with E-state index in [0.717, 1.165) is 5.57 Å². The van der Waals surface area contributed by atoms with Gasteiger partial charge in [0.1, 0.15) is 0 Å². The highest BCUT2D eigenvalue weighted by molar-refractivity contribution is 6.02. The van der Waals surface area contributed by atoms with Crippen LogP contribution >= 0.6 is 0 Å². The van der Waals surface area contributed by atoms with E-state index in [1.54, 1.807) is 24.3 Å². The number of allylic oxidation sites excluding steroid dienone is 5. The topological polar surface area (TPSA) is 91.7 Å².